The highest BCUT2D eigenvalue weighted by atomic mass is 32.2. The van der Waals surface area contributed by atoms with Gasteiger partial charge in [-0.05, 0) is 23.8 Å². The fourth-order valence-electron chi connectivity index (χ4n) is 3.30. The first-order valence-corrected chi connectivity index (χ1v) is 9.40. The SMILES string of the molecule is CN1C(c2ccc(F)c(C(=O)O)c2)c2ccc3cccnc3c2NS1(=O)=O. The van der Waals surface area contributed by atoms with Crippen molar-refractivity contribution in [1.29, 1.82) is 0 Å². The normalized spacial score (nSPS) is 18.7. The Labute approximate surface area is 154 Å². The van der Waals surface area contributed by atoms with E-state index in [1.807, 2.05) is 12.1 Å². The van der Waals surface area contributed by atoms with E-state index >= 15 is 0 Å². The molecular weight excluding hydrogens is 373 g/mol. The third-order valence-corrected chi connectivity index (χ3v) is 6.04. The van der Waals surface area contributed by atoms with Crippen molar-refractivity contribution in [2.75, 3.05) is 11.8 Å². The number of pyridine rings is 1. The zero-order chi connectivity index (χ0) is 19.3. The Morgan fingerprint density at radius 1 is 1.26 bits per heavy atom. The van der Waals surface area contributed by atoms with Crippen LogP contribution in [0.15, 0.2) is 48.7 Å². The van der Waals surface area contributed by atoms with Gasteiger partial charge >= 0.3 is 16.2 Å². The molecule has 0 spiro atoms. The number of halogens is 1. The van der Waals surface area contributed by atoms with Crippen molar-refractivity contribution in [2.45, 2.75) is 6.04 Å². The van der Waals surface area contributed by atoms with Crippen LogP contribution >= 0.6 is 0 Å². The molecular formula is C18H14FN3O4S. The summed E-state index contributed by atoms with van der Waals surface area (Å²) < 4.78 is 42.7. The van der Waals surface area contributed by atoms with Gasteiger partial charge in [0.25, 0.3) is 0 Å². The van der Waals surface area contributed by atoms with Gasteiger partial charge in [0.1, 0.15) is 5.82 Å². The monoisotopic (exact) mass is 387 g/mol. The first-order chi connectivity index (χ1) is 12.8. The van der Waals surface area contributed by atoms with Gasteiger partial charge in [-0.15, -0.1) is 0 Å². The van der Waals surface area contributed by atoms with Crippen LogP contribution < -0.4 is 4.72 Å². The second-order valence-corrected chi connectivity index (χ2v) is 7.91. The molecule has 0 radical (unpaired) electrons. The van der Waals surface area contributed by atoms with E-state index in [4.69, 9.17) is 0 Å². The Hall–Kier alpha value is -3.04. The highest BCUT2D eigenvalue weighted by Crippen LogP contribution is 2.42. The molecule has 7 nitrogen and oxygen atoms in total. The fourth-order valence-corrected chi connectivity index (χ4v) is 4.43. The molecule has 138 valence electrons. The maximum atomic E-state index is 13.8. The van der Waals surface area contributed by atoms with Crippen molar-refractivity contribution in [1.82, 2.24) is 9.29 Å². The highest BCUT2D eigenvalue weighted by Gasteiger charge is 2.37. The number of fused-ring (bicyclic) bond motifs is 3. The molecule has 0 saturated carbocycles. The lowest BCUT2D eigenvalue weighted by atomic mass is 9.94. The summed E-state index contributed by atoms with van der Waals surface area (Å²) in [6, 6.07) is 9.87. The minimum Gasteiger partial charge on any atom is -0.478 e. The molecule has 1 unspecified atom stereocenters. The summed E-state index contributed by atoms with van der Waals surface area (Å²) in [6.45, 7) is 0. The van der Waals surface area contributed by atoms with Crippen LogP contribution in [0.2, 0.25) is 0 Å². The largest absolute Gasteiger partial charge is 0.478 e. The van der Waals surface area contributed by atoms with Gasteiger partial charge in [0.15, 0.2) is 0 Å². The van der Waals surface area contributed by atoms with Gasteiger partial charge in [-0.25, -0.2) is 9.18 Å². The summed E-state index contributed by atoms with van der Waals surface area (Å²) in [5.74, 6) is -2.31. The molecule has 0 saturated heterocycles. The number of aromatic nitrogens is 1. The Morgan fingerprint density at radius 2 is 2.04 bits per heavy atom. The molecule has 0 amide bonds. The predicted molar refractivity (Wildman–Crippen MR) is 97.3 cm³/mol. The van der Waals surface area contributed by atoms with Crippen LogP contribution in [0.1, 0.15) is 27.5 Å². The number of hydrogen-bond donors (Lipinski definition) is 2. The van der Waals surface area contributed by atoms with Crippen LogP contribution in [0.4, 0.5) is 10.1 Å². The second-order valence-electron chi connectivity index (χ2n) is 6.18. The summed E-state index contributed by atoms with van der Waals surface area (Å²) >= 11 is 0. The molecule has 27 heavy (non-hydrogen) atoms. The molecule has 9 heteroatoms. The lowest BCUT2D eigenvalue weighted by Crippen LogP contribution is -2.40. The standard InChI is InChI=1S/C18H14FN3O4S/c1-22-17(11-5-7-14(19)13(9-11)18(23)24)12-6-4-10-3-2-8-20-15(10)16(12)21-27(22,25)26/h2-9,17,21H,1H3,(H,23,24). The van der Waals surface area contributed by atoms with Crippen molar-refractivity contribution in [3.05, 3.63) is 71.2 Å². The van der Waals surface area contributed by atoms with Crippen molar-refractivity contribution >= 4 is 32.8 Å². The summed E-state index contributed by atoms with van der Waals surface area (Å²) in [5.41, 5.74) is 1.24. The summed E-state index contributed by atoms with van der Waals surface area (Å²) in [6.07, 6.45) is 1.56. The van der Waals surface area contributed by atoms with Crippen LogP contribution in [0.25, 0.3) is 10.9 Å². The highest BCUT2D eigenvalue weighted by molar-refractivity contribution is 7.90. The average molecular weight is 387 g/mol. The summed E-state index contributed by atoms with van der Waals surface area (Å²) in [4.78, 5) is 15.6. The van der Waals surface area contributed by atoms with Crippen LogP contribution in [-0.4, -0.2) is 35.8 Å². The number of aromatic carboxylic acids is 1. The van der Waals surface area contributed by atoms with E-state index < -0.39 is 33.6 Å². The molecule has 0 aliphatic carbocycles. The first kappa shape index (κ1) is 17.4. The zero-order valence-electron chi connectivity index (χ0n) is 14.0. The molecule has 1 aliphatic rings. The van der Waals surface area contributed by atoms with Crippen molar-refractivity contribution in [2.24, 2.45) is 0 Å². The van der Waals surface area contributed by atoms with E-state index in [0.717, 1.165) is 21.8 Å². The quantitative estimate of drug-likeness (QED) is 0.704. The van der Waals surface area contributed by atoms with Crippen LogP contribution in [-0.2, 0) is 10.2 Å². The number of carboxylic acid groups (broad SMARTS) is 1. The van der Waals surface area contributed by atoms with Crippen LogP contribution in [0.3, 0.4) is 0 Å². The number of rotatable bonds is 2. The molecule has 0 fully saturated rings. The van der Waals surface area contributed by atoms with Crippen LogP contribution in [0.5, 0.6) is 0 Å². The molecule has 3 aromatic rings. The van der Waals surface area contributed by atoms with Gasteiger partial charge in [0, 0.05) is 24.2 Å². The third-order valence-electron chi connectivity index (χ3n) is 4.61. The van der Waals surface area contributed by atoms with Gasteiger partial charge < -0.3 is 5.11 Å². The van der Waals surface area contributed by atoms with Gasteiger partial charge in [-0.1, -0.05) is 24.3 Å². The maximum Gasteiger partial charge on any atom is 0.338 e. The van der Waals surface area contributed by atoms with E-state index in [1.54, 1.807) is 18.3 Å². The predicted octanol–water partition coefficient (Wildman–Crippen LogP) is 2.76. The number of benzene rings is 2. The molecule has 2 N–H and O–H groups in total. The average Bonchev–Trinajstić information content (AvgIpc) is 2.63. The van der Waals surface area contributed by atoms with E-state index in [-0.39, 0.29) is 0 Å². The van der Waals surface area contributed by atoms with E-state index in [2.05, 4.69) is 9.71 Å². The number of carboxylic acids is 1. The van der Waals surface area contributed by atoms with Gasteiger partial charge in [-0.3, -0.25) is 9.71 Å². The number of hydrogen-bond acceptors (Lipinski definition) is 4. The number of nitrogens with zero attached hydrogens (tertiary/aromatic N) is 2. The number of anilines is 1. The Bertz CT molecular complexity index is 1200. The molecule has 4 rings (SSSR count). The van der Waals surface area contributed by atoms with E-state index in [9.17, 15) is 22.7 Å². The molecule has 0 bridgehead atoms. The van der Waals surface area contributed by atoms with Crippen molar-refractivity contribution < 1.29 is 22.7 Å². The molecule has 1 atom stereocenters. The Kier molecular flexibility index (Phi) is 3.86. The summed E-state index contributed by atoms with van der Waals surface area (Å²) in [5, 5.41) is 9.96. The molecule has 2 heterocycles. The minimum atomic E-state index is -3.90. The van der Waals surface area contributed by atoms with Crippen molar-refractivity contribution in [3.8, 4) is 0 Å². The maximum absolute atomic E-state index is 13.8. The lowest BCUT2D eigenvalue weighted by Gasteiger charge is -2.35. The molecule has 1 aromatic heterocycles. The Balaban J connectivity index is 2.00. The minimum absolute atomic E-state index is 0.331. The zero-order valence-corrected chi connectivity index (χ0v) is 14.9. The second kappa shape index (κ2) is 6.00. The first-order valence-electron chi connectivity index (χ1n) is 7.96. The Morgan fingerprint density at radius 3 is 2.78 bits per heavy atom. The topological polar surface area (TPSA) is 99.6 Å². The fraction of sp³-hybridized carbons (Fsp3) is 0.111. The van der Waals surface area contributed by atoms with Crippen LogP contribution in [0, 0.1) is 5.82 Å². The molecule has 1 aliphatic heterocycles. The van der Waals surface area contributed by atoms with Gasteiger partial charge in [-0.2, -0.15) is 12.7 Å². The smallest absolute Gasteiger partial charge is 0.338 e. The number of carbonyl (C=O) groups is 1. The molecule has 2 aromatic carbocycles. The number of nitrogens with one attached hydrogen (secondary N) is 1. The van der Waals surface area contributed by atoms with Gasteiger partial charge in [0.2, 0.25) is 0 Å². The lowest BCUT2D eigenvalue weighted by molar-refractivity contribution is 0.0691. The third kappa shape index (κ3) is 2.71. The van der Waals surface area contributed by atoms with E-state index in [0.29, 0.717) is 22.3 Å². The van der Waals surface area contributed by atoms with E-state index in [1.165, 1.54) is 13.1 Å². The van der Waals surface area contributed by atoms with Crippen molar-refractivity contribution in [3.63, 3.8) is 0 Å². The summed E-state index contributed by atoms with van der Waals surface area (Å²) in [7, 11) is -2.53. The van der Waals surface area contributed by atoms with Gasteiger partial charge in [0.05, 0.1) is 22.8 Å².